The molecule has 0 nitrogen and oxygen atoms in total. The van der Waals surface area contributed by atoms with E-state index in [1.54, 1.807) is 0 Å². The molecule has 0 heteroatoms. The van der Waals surface area contributed by atoms with Crippen LogP contribution in [0.4, 0.5) is 0 Å². The molecule has 0 fully saturated rings. The van der Waals surface area contributed by atoms with Gasteiger partial charge in [0.25, 0.3) is 0 Å². The van der Waals surface area contributed by atoms with Crippen molar-refractivity contribution in [1.82, 2.24) is 0 Å². The highest BCUT2D eigenvalue weighted by molar-refractivity contribution is 6.12. The van der Waals surface area contributed by atoms with Crippen LogP contribution >= 0.6 is 0 Å². The number of rotatable bonds is 8. The SMILES string of the molecule is C/C=C\C(=C/C)c1c(-c2ccccc2)c(-c2ccccc2)c(C(/C=C\C)=C/C)c(-c2ccccc2)c1-c1ccccc1. The molecule has 0 aromatic heterocycles. The van der Waals surface area contributed by atoms with Gasteiger partial charge in [-0.1, -0.05) is 158 Å². The molecule has 0 bridgehead atoms. The summed E-state index contributed by atoms with van der Waals surface area (Å²) in [7, 11) is 0. The first-order valence-electron chi connectivity index (χ1n) is 14.8. The number of allylic oxidation sites excluding steroid dienone is 8. The summed E-state index contributed by atoms with van der Waals surface area (Å²) in [4.78, 5) is 0. The fourth-order valence-corrected chi connectivity index (χ4v) is 5.91. The molecule has 5 aromatic carbocycles. The number of hydrogen-bond donors (Lipinski definition) is 0. The van der Waals surface area contributed by atoms with Crippen LogP contribution in [0.25, 0.3) is 55.7 Å². The summed E-state index contributed by atoms with van der Waals surface area (Å²) >= 11 is 0. The number of hydrogen-bond acceptors (Lipinski definition) is 0. The predicted octanol–water partition coefficient (Wildman–Crippen LogP) is 12.3. The van der Waals surface area contributed by atoms with Gasteiger partial charge in [-0.2, -0.15) is 0 Å². The lowest BCUT2D eigenvalue weighted by Gasteiger charge is -2.29. The van der Waals surface area contributed by atoms with Crippen molar-refractivity contribution in [3.8, 4) is 44.5 Å². The van der Waals surface area contributed by atoms with E-state index in [2.05, 4.69) is 185 Å². The van der Waals surface area contributed by atoms with Crippen LogP contribution in [0.2, 0.25) is 0 Å². The van der Waals surface area contributed by atoms with Crippen LogP contribution in [0, 0.1) is 0 Å². The smallest absolute Gasteiger partial charge is 0.00140 e. The molecule has 0 saturated heterocycles. The molecule has 42 heavy (non-hydrogen) atoms. The Morgan fingerprint density at radius 1 is 0.357 bits per heavy atom. The molecule has 0 aliphatic carbocycles. The van der Waals surface area contributed by atoms with Crippen LogP contribution in [-0.2, 0) is 0 Å². The second kappa shape index (κ2) is 13.6. The predicted molar refractivity (Wildman–Crippen MR) is 185 cm³/mol. The average Bonchev–Trinajstić information content (AvgIpc) is 3.06. The highest BCUT2D eigenvalue weighted by Gasteiger charge is 2.29. The van der Waals surface area contributed by atoms with Crippen LogP contribution in [0.3, 0.4) is 0 Å². The molecule has 0 heterocycles. The zero-order chi connectivity index (χ0) is 29.3. The molecule has 206 valence electrons. The molecule has 0 saturated carbocycles. The molecule has 0 aliphatic rings. The van der Waals surface area contributed by atoms with E-state index in [1.807, 2.05) is 0 Å². The Labute approximate surface area is 251 Å². The van der Waals surface area contributed by atoms with Gasteiger partial charge in [0.1, 0.15) is 0 Å². The van der Waals surface area contributed by atoms with E-state index in [1.165, 1.54) is 66.8 Å². The first kappa shape index (κ1) is 28.6. The Hall–Kier alpha value is -4.94. The summed E-state index contributed by atoms with van der Waals surface area (Å²) in [5.74, 6) is 0. The normalized spacial score (nSPS) is 12.4. The Bertz CT molecular complexity index is 1510. The zero-order valence-electron chi connectivity index (χ0n) is 25.0. The van der Waals surface area contributed by atoms with Gasteiger partial charge in [0.05, 0.1) is 0 Å². The van der Waals surface area contributed by atoms with Crippen molar-refractivity contribution >= 4 is 11.1 Å². The third-order valence-electron chi connectivity index (χ3n) is 7.64. The molecule has 0 aliphatic heterocycles. The van der Waals surface area contributed by atoms with Crippen molar-refractivity contribution in [3.05, 3.63) is 169 Å². The van der Waals surface area contributed by atoms with Crippen molar-refractivity contribution in [2.45, 2.75) is 27.7 Å². The van der Waals surface area contributed by atoms with Crippen LogP contribution in [-0.4, -0.2) is 0 Å². The second-order valence-electron chi connectivity index (χ2n) is 10.2. The fourth-order valence-electron chi connectivity index (χ4n) is 5.91. The molecular formula is C42H38. The monoisotopic (exact) mass is 542 g/mol. The molecular weight excluding hydrogens is 504 g/mol. The van der Waals surface area contributed by atoms with E-state index < -0.39 is 0 Å². The van der Waals surface area contributed by atoms with Gasteiger partial charge in [-0.05, 0) is 94.5 Å². The van der Waals surface area contributed by atoms with Gasteiger partial charge >= 0.3 is 0 Å². The number of benzene rings is 5. The summed E-state index contributed by atoms with van der Waals surface area (Å²) < 4.78 is 0. The topological polar surface area (TPSA) is 0 Å². The zero-order valence-corrected chi connectivity index (χ0v) is 25.0. The van der Waals surface area contributed by atoms with E-state index >= 15 is 0 Å². The van der Waals surface area contributed by atoms with Gasteiger partial charge in [-0.15, -0.1) is 0 Å². The standard InChI is InChI=1S/C42H38/c1-5-21-31(7-3)37-39(33-23-13-9-14-24-33)41(35-27-17-11-18-28-35)38(32(8-4)22-6-2)42(36-29-19-12-20-30-36)40(37)34-25-15-10-16-26-34/h5-30H,1-4H3/b21-5-,22-6-,31-7+,32-8+. The van der Waals surface area contributed by atoms with E-state index in [0.717, 1.165) is 0 Å². The Morgan fingerprint density at radius 3 is 0.786 bits per heavy atom. The van der Waals surface area contributed by atoms with Gasteiger partial charge in [-0.25, -0.2) is 0 Å². The second-order valence-corrected chi connectivity index (χ2v) is 10.2. The Balaban J connectivity index is 2.20. The van der Waals surface area contributed by atoms with Crippen LogP contribution in [0.5, 0.6) is 0 Å². The van der Waals surface area contributed by atoms with Gasteiger partial charge in [0.15, 0.2) is 0 Å². The molecule has 0 N–H and O–H groups in total. The van der Waals surface area contributed by atoms with Gasteiger partial charge in [0, 0.05) is 0 Å². The third kappa shape index (κ3) is 5.62. The minimum Gasteiger partial charge on any atom is -0.0871 e. The fraction of sp³-hybridized carbons (Fsp3) is 0.0952. The van der Waals surface area contributed by atoms with Crippen LogP contribution < -0.4 is 0 Å². The summed E-state index contributed by atoms with van der Waals surface area (Å²) in [6, 6.07) is 43.6. The highest BCUT2D eigenvalue weighted by Crippen LogP contribution is 2.53. The van der Waals surface area contributed by atoms with Crippen molar-refractivity contribution in [2.75, 3.05) is 0 Å². The van der Waals surface area contributed by atoms with E-state index in [9.17, 15) is 0 Å². The summed E-state index contributed by atoms with van der Waals surface area (Å²) in [5.41, 5.74) is 14.6. The minimum atomic E-state index is 1.20. The average molecular weight is 543 g/mol. The van der Waals surface area contributed by atoms with Gasteiger partial charge in [-0.3, -0.25) is 0 Å². The third-order valence-corrected chi connectivity index (χ3v) is 7.64. The lowest BCUT2D eigenvalue weighted by Crippen LogP contribution is -2.05. The maximum atomic E-state index is 2.25. The van der Waals surface area contributed by atoms with Crippen molar-refractivity contribution in [2.24, 2.45) is 0 Å². The molecule has 0 unspecified atom stereocenters. The summed E-state index contributed by atoms with van der Waals surface area (Å²) in [6.45, 7) is 8.49. The Morgan fingerprint density at radius 2 is 0.595 bits per heavy atom. The van der Waals surface area contributed by atoms with Crippen molar-refractivity contribution in [3.63, 3.8) is 0 Å². The van der Waals surface area contributed by atoms with E-state index in [-0.39, 0.29) is 0 Å². The van der Waals surface area contributed by atoms with E-state index in [4.69, 9.17) is 0 Å². The maximum absolute atomic E-state index is 2.25. The molecule has 0 amide bonds. The molecule has 0 spiro atoms. The van der Waals surface area contributed by atoms with Crippen molar-refractivity contribution < 1.29 is 0 Å². The molecule has 0 atom stereocenters. The first-order valence-corrected chi connectivity index (χ1v) is 14.8. The maximum Gasteiger partial charge on any atom is -0.00140 e. The van der Waals surface area contributed by atoms with E-state index in [0.29, 0.717) is 0 Å². The van der Waals surface area contributed by atoms with Gasteiger partial charge < -0.3 is 0 Å². The molecule has 5 rings (SSSR count). The largest absolute Gasteiger partial charge is 0.0871 e. The lowest BCUT2D eigenvalue weighted by atomic mass is 9.73. The summed E-state index contributed by atoms with van der Waals surface area (Å²) in [5, 5.41) is 0. The van der Waals surface area contributed by atoms with Crippen molar-refractivity contribution in [1.29, 1.82) is 0 Å². The molecule has 5 aromatic rings. The van der Waals surface area contributed by atoms with Gasteiger partial charge in [0.2, 0.25) is 0 Å². The van der Waals surface area contributed by atoms with Crippen LogP contribution in [0.15, 0.2) is 158 Å². The lowest BCUT2D eigenvalue weighted by molar-refractivity contribution is 1.47. The van der Waals surface area contributed by atoms with Crippen LogP contribution in [0.1, 0.15) is 38.8 Å². The molecule has 0 radical (unpaired) electrons. The highest BCUT2D eigenvalue weighted by atomic mass is 14.3. The first-order chi connectivity index (χ1) is 20.7. The minimum absolute atomic E-state index is 1.20. The quantitative estimate of drug-likeness (QED) is 0.171. The Kier molecular flexibility index (Phi) is 9.27. The summed E-state index contributed by atoms with van der Waals surface area (Å²) in [6.07, 6.45) is 13.3.